The summed E-state index contributed by atoms with van der Waals surface area (Å²) in [4.78, 5) is 26.8. The molecule has 3 rings (SSSR count). The van der Waals surface area contributed by atoms with Gasteiger partial charge < -0.3 is 15.3 Å². The van der Waals surface area contributed by atoms with Crippen LogP contribution < -0.4 is 5.32 Å². The lowest BCUT2D eigenvalue weighted by Gasteiger charge is -2.32. The maximum absolute atomic E-state index is 13.6. The summed E-state index contributed by atoms with van der Waals surface area (Å²) in [5, 5.41) is 12.9. The van der Waals surface area contributed by atoms with Crippen LogP contribution in [0.15, 0.2) is 24.3 Å². The molecule has 0 atom stereocenters. The molecule has 0 saturated carbocycles. The molecule has 0 unspecified atom stereocenters. The van der Waals surface area contributed by atoms with Crippen molar-refractivity contribution in [3.8, 4) is 5.75 Å². The highest BCUT2D eigenvalue weighted by molar-refractivity contribution is 6.45. The molecule has 1 saturated heterocycles. The molecule has 1 aliphatic heterocycles. The molecule has 9 heteroatoms. The summed E-state index contributed by atoms with van der Waals surface area (Å²) >= 11 is 18.0. The Balaban J connectivity index is 1.58. The predicted molar refractivity (Wildman–Crippen MR) is 115 cm³/mol. The number of hydrogen-bond acceptors (Lipinski definition) is 3. The molecule has 0 aromatic heterocycles. The number of rotatable bonds is 4. The zero-order valence-corrected chi connectivity index (χ0v) is 18.4. The van der Waals surface area contributed by atoms with Crippen LogP contribution in [0.25, 0.3) is 0 Å². The van der Waals surface area contributed by atoms with Crippen LogP contribution in [0.2, 0.25) is 15.1 Å². The molecule has 2 amide bonds. The van der Waals surface area contributed by atoms with Crippen LogP contribution in [0, 0.1) is 18.7 Å². The lowest BCUT2D eigenvalue weighted by molar-refractivity contribution is -0.126. The SMILES string of the molecule is Cc1ccc(CNC(=O)C2CCN(C(=O)c3c(O)c(Cl)cc(Cl)c3Cl)CC2)cc1F. The van der Waals surface area contributed by atoms with Gasteiger partial charge in [0, 0.05) is 25.6 Å². The van der Waals surface area contributed by atoms with E-state index in [-0.39, 0.29) is 44.8 Å². The number of benzene rings is 2. The van der Waals surface area contributed by atoms with E-state index in [9.17, 15) is 19.1 Å². The van der Waals surface area contributed by atoms with E-state index in [1.165, 1.54) is 17.0 Å². The first-order valence-electron chi connectivity index (χ1n) is 9.37. The van der Waals surface area contributed by atoms with Gasteiger partial charge in [0.2, 0.25) is 5.91 Å². The maximum Gasteiger partial charge on any atom is 0.259 e. The summed E-state index contributed by atoms with van der Waals surface area (Å²) in [7, 11) is 0. The molecule has 0 radical (unpaired) electrons. The molecule has 160 valence electrons. The number of nitrogens with zero attached hydrogens (tertiary/aromatic N) is 1. The zero-order valence-electron chi connectivity index (χ0n) is 16.1. The molecule has 1 aliphatic rings. The van der Waals surface area contributed by atoms with E-state index >= 15 is 0 Å². The summed E-state index contributed by atoms with van der Waals surface area (Å²) in [6.07, 6.45) is 0.902. The molecule has 2 aromatic carbocycles. The van der Waals surface area contributed by atoms with Crippen LogP contribution in [0.5, 0.6) is 5.75 Å². The summed E-state index contributed by atoms with van der Waals surface area (Å²) in [5.74, 6) is -1.63. The second-order valence-corrected chi connectivity index (χ2v) is 8.44. The van der Waals surface area contributed by atoms with Crippen molar-refractivity contribution in [2.24, 2.45) is 5.92 Å². The molecule has 1 heterocycles. The molecule has 30 heavy (non-hydrogen) atoms. The van der Waals surface area contributed by atoms with Gasteiger partial charge in [0.05, 0.1) is 15.1 Å². The van der Waals surface area contributed by atoms with E-state index in [1.54, 1.807) is 19.1 Å². The highest BCUT2D eigenvalue weighted by Gasteiger charge is 2.31. The summed E-state index contributed by atoms with van der Waals surface area (Å²) in [5.41, 5.74) is 1.09. The van der Waals surface area contributed by atoms with Crippen molar-refractivity contribution in [2.45, 2.75) is 26.3 Å². The van der Waals surface area contributed by atoms with Gasteiger partial charge in [-0.15, -0.1) is 0 Å². The Morgan fingerprint density at radius 1 is 1.17 bits per heavy atom. The van der Waals surface area contributed by atoms with E-state index < -0.39 is 11.7 Å². The number of likely N-dealkylation sites (tertiary alicyclic amines) is 1. The quantitative estimate of drug-likeness (QED) is 0.616. The summed E-state index contributed by atoms with van der Waals surface area (Å²) < 4.78 is 13.6. The van der Waals surface area contributed by atoms with Crippen LogP contribution >= 0.6 is 34.8 Å². The zero-order chi connectivity index (χ0) is 22.0. The number of phenolic OH excluding ortho intramolecular Hbond substituents is 1. The Hall–Kier alpha value is -2.02. The topological polar surface area (TPSA) is 69.6 Å². The first kappa shape index (κ1) is 22.7. The minimum atomic E-state index is -0.490. The minimum absolute atomic E-state index is 0.0606. The number of halogens is 4. The molecule has 0 bridgehead atoms. The van der Waals surface area contributed by atoms with E-state index in [4.69, 9.17) is 34.8 Å². The number of carbonyl (C=O) groups excluding carboxylic acids is 2. The van der Waals surface area contributed by atoms with Gasteiger partial charge in [-0.2, -0.15) is 0 Å². The minimum Gasteiger partial charge on any atom is -0.505 e. The third-order valence-electron chi connectivity index (χ3n) is 5.22. The van der Waals surface area contributed by atoms with Crippen LogP contribution in [0.1, 0.15) is 34.3 Å². The van der Waals surface area contributed by atoms with Crippen molar-refractivity contribution in [3.63, 3.8) is 0 Å². The number of amides is 2. The predicted octanol–water partition coefficient (Wildman–Crippen LogP) is 4.97. The van der Waals surface area contributed by atoms with Gasteiger partial charge in [0.15, 0.2) is 0 Å². The number of hydrogen-bond donors (Lipinski definition) is 2. The third kappa shape index (κ3) is 4.82. The number of aryl methyl sites for hydroxylation is 1. The van der Waals surface area contributed by atoms with Crippen molar-refractivity contribution < 1.29 is 19.1 Å². The van der Waals surface area contributed by atoms with E-state index in [0.717, 1.165) is 0 Å². The number of phenols is 1. The normalized spacial score (nSPS) is 14.6. The van der Waals surface area contributed by atoms with E-state index in [2.05, 4.69) is 5.32 Å². The molecule has 0 aliphatic carbocycles. The van der Waals surface area contributed by atoms with Crippen molar-refractivity contribution in [1.29, 1.82) is 0 Å². The monoisotopic (exact) mass is 472 g/mol. The van der Waals surface area contributed by atoms with Gasteiger partial charge in [-0.3, -0.25) is 9.59 Å². The average Bonchev–Trinajstić information content (AvgIpc) is 2.73. The van der Waals surface area contributed by atoms with Gasteiger partial charge in [-0.05, 0) is 43.0 Å². The van der Waals surface area contributed by atoms with Crippen molar-refractivity contribution in [2.75, 3.05) is 13.1 Å². The Labute approximate surface area is 188 Å². The molecule has 2 aromatic rings. The summed E-state index contributed by atoms with van der Waals surface area (Å²) in [6, 6.07) is 6.12. The Morgan fingerprint density at radius 2 is 1.83 bits per heavy atom. The van der Waals surface area contributed by atoms with Crippen LogP contribution in [0.3, 0.4) is 0 Å². The Bertz CT molecular complexity index is 966. The maximum atomic E-state index is 13.6. The number of nitrogens with one attached hydrogen (secondary N) is 1. The molecular weight excluding hydrogens is 454 g/mol. The van der Waals surface area contributed by atoms with Crippen molar-refractivity contribution in [1.82, 2.24) is 10.2 Å². The lowest BCUT2D eigenvalue weighted by atomic mass is 9.95. The standard InChI is InChI=1S/C21H20Cl3FN2O3/c1-11-2-3-12(8-16(11)25)10-26-20(29)13-4-6-27(7-5-13)21(30)17-18(24)14(22)9-15(23)19(17)28/h2-3,8-9,13,28H,4-7,10H2,1H3,(H,26,29). The first-order chi connectivity index (χ1) is 14.2. The third-order valence-corrected chi connectivity index (χ3v) is 6.29. The van der Waals surface area contributed by atoms with Crippen LogP contribution in [-0.2, 0) is 11.3 Å². The molecule has 2 N–H and O–H groups in total. The van der Waals surface area contributed by atoms with Gasteiger partial charge in [0.1, 0.15) is 17.1 Å². The number of piperidine rings is 1. The fourth-order valence-electron chi connectivity index (χ4n) is 3.36. The second-order valence-electron chi connectivity index (χ2n) is 7.25. The second kappa shape index (κ2) is 9.41. The fraction of sp³-hybridized carbons (Fsp3) is 0.333. The summed E-state index contributed by atoms with van der Waals surface area (Å²) in [6.45, 7) is 2.54. The number of aromatic hydroxyl groups is 1. The van der Waals surface area contributed by atoms with Crippen LogP contribution in [-0.4, -0.2) is 34.9 Å². The molecule has 1 fully saturated rings. The van der Waals surface area contributed by atoms with E-state index in [0.29, 0.717) is 37.1 Å². The van der Waals surface area contributed by atoms with Crippen LogP contribution in [0.4, 0.5) is 4.39 Å². The average molecular weight is 474 g/mol. The highest BCUT2D eigenvalue weighted by Crippen LogP contribution is 2.39. The smallest absolute Gasteiger partial charge is 0.259 e. The van der Waals surface area contributed by atoms with Gasteiger partial charge in [0.25, 0.3) is 5.91 Å². The van der Waals surface area contributed by atoms with E-state index in [1.807, 2.05) is 0 Å². The fourth-order valence-corrected chi connectivity index (χ4v) is 4.05. The van der Waals surface area contributed by atoms with Crippen molar-refractivity contribution >= 4 is 46.6 Å². The number of carbonyl (C=O) groups is 2. The first-order valence-corrected chi connectivity index (χ1v) is 10.5. The largest absolute Gasteiger partial charge is 0.505 e. The molecular formula is C21H20Cl3FN2O3. The molecule has 5 nitrogen and oxygen atoms in total. The Kier molecular flexibility index (Phi) is 7.11. The van der Waals surface area contributed by atoms with Gasteiger partial charge >= 0.3 is 0 Å². The highest BCUT2D eigenvalue weighted by atomic mass is 35.5. The Morgan fingerprint density at radius 3 is 2.47 bits per heavy atom. The van der Waals surface area contributed by atoms with Gasteiger partial charge in [-0.25, -0.2) is 4.39 Å². The lowest BCUT2D eigenvalue weighted by Crippen LogP contribution is -2.43. The molecule has 0 spiro atoms. The van der Waals surface area contributed by atoms with Gasteiger partial charge in [-0.1, -0.05) is 46.9 Å². The van der Waals surface area contributed by atoms with Crippen molar-refractivity contribution in [3.05, 3.63) is 61.8 Å².